The molecule has 2 fully saturated rings. The SMILES string of the molecule is CC(C)c1ccc(CN(C(=O)NC2CCC(O)CC2)C2CC2)cc1. The van der Waals surface area contributed by atoms with Crippen LogP contribution in [0, 0.1) is 0 Å². The highest BCUT2D eigenvalue weighted by Crippen LogP contribution is 2.29. The van der Waals surface area contributed by atoms with Gasteiger partial charge in [0.1, 0.15) is 0 Å². The van der Waals surface area contributed by atoms with Crippen LogP contribution < -0.4 is 5.32 Å². The van der Waals surface area contributed by atoms with Crippen molar-refractivity contribution in [2.45, 2.75) is 83.0 Å². The Morgan fingerprint density at radius 2 is 1.75 bits per heavy atom. The van der Waals surface area contributed by atoms with Crippen molar-refractivity contribution in [2.75, 3.05) is 0 Å². The number of aliphatic hydroxyl groups excluding tert-OH is 1. The monoisotopic (exact) mass is 330 g/mol. The molecule has 0 spiro atoms. The standard InChI is InChI=1S/C20H30N2O2/c1-14(2)16-5-3-15(4-6-16)13-22(18-9-10-18)20(24)21-17-7-11-19(23)12-8-17/h3-6,14,17-19,23H,7-13H2,1-2H3,(H,21,24). The molecule has 0 aliphatic heterocycles. The summed E-state index contributed by atoms with van der Waals surface area (Å²) in [6.07, 6.45) is 5.40. The average molecular weight is 330 g/mol. The number of amides is 2. The molecule has 2 amide bonds. The van der Waals surface area contributed by atoms with Crippen molar-refractivity contribution in [2.24, 2.45) is 0 Å². The molecule has 2 saturated carbocycles. The summed E-state index contributed by atoms with van der Waals surface area (Å²) >= 11 is 0. The first kappa shape index (κ1) is 17.3. The van der Waals surface area contributed by atoms with Crippen molar-refractivity contribution in [3.63, 3.8) is 0 Å². The Morgan fingerprint density at radius 3 is 2.29 bits per heavy atom. The van der Waals surface area contributed by atoms with E-state index in [4.69, 9.17) is 0 Å². The molecular weight excluding hydrogens is 300 g/mol. The van der Waals surface area contributed by atoms with E-state index in [9.17, 15) is 9.90 Å². The Hall–Kier alpha value is -1.55. The lowest BCUT2D eigenvalue weighted by molar-refractivity contribution is 0.114. The second kappa shape index (κ2) is 7.56. The molecule has 1 aromatic carbocycles. The Bertz CT molecular complexity index is 543. The number of rotatable bonds is 5. The maximum Gasteiger partial charge on any atom is 0.318 e. The second-order valence-corrected chi connectivity index (χ2v) is 7.71. The molecule has 2 N–H and O–H groups in total. The summed E-state index contributed by atoms with van der Waals surface area (Å²) in [6.45, 7) is 5.07. The summed E-state index contributed by atoms with van der Waals surface area (Å²) in [5.74, 6) is 0.531. The van der Waals surface area contributed by atoms with E-state index in [1.165, 1.54) is 11.1 Å². The third-order valence-electron chi connectivity index (χ3n) is 5.27. The number of carbonyl (C=O) groups is 1. The molecule has 2 aliphatic rings. The van der Waals surface area contributed by atoms with Gasteiger partial charge in [-0.15, -0.1) is 0 Å². The number of carbonyl (C=O) groups excluding carboxylic acids is 1. The third-order valence-corrected chi connectivity index (χ3v) is 5.27. The first-order valence-electron chi connectivity index (χ1n) is 9.37. The van der Waals surface area contributed by atoms with Crippen LogP contribution >= 0.6 is 0 Å². The van der Waals surface area contributed by atoms with Gasteiger partial charge in [0.15, 0.2) is 0 Å². The average Bonchev–Trinajstić information content (AvgIpc) is 3.40. The molecule has 0 bridgehead atoms. The highest BCUT2D eigenvalue weighted by atomic mass is 16.3. The van der Waals surface area contributed by atoms with E-state index in [1.54, 1.807) is 0 Å². The molecule has 0 aromatic heterocycles. The van der Waals surface area contributed by atoms with Gasteiger partial charge in [0.2, 0.25) is 0 Å². The fourth-order valence-corrected chi connectivity index (χ4v) is 3.44. The molecule has 0 saturated heterocycles. The van der Waals surface area contributed by atoms with E-state index in [2.05, 4.69) is 43.4 Å². The van der Waals surface area contributed by atoms with Gasteiger partial charge in [0.25, 0.3) is 0 Å². The molecular formula is C20H30N2O2. The lowest BCUT2D eigenvalue weighted by atomic mass is 9.93. The summed E-state index contributed by atoms with van der Waals surface area (Å²) in [4.78, 5) is 14.7. The minimum absolute atomic E-state index is 0.0619. The smallest absolute Gasteiger partial charge is 0.318 e. The number of benzene rings is 1. The van der Waals surface area contributed by atoms with Gasteiger partial charge in [-0.25, -0.2) is 4.79 Å². The fourth-order valence-electron chi connectivity index (χ4n) is 3.44. The fraction of sp³-hybridized carbons (Fsp3) is 0.650. The maximum atomic E-state index is 12.7. The molecule has 0 unspecified atom stereocenters. The molecule has 2 aliphatic carbocycles. The first-order chi connectivity index (χ1) is 11.5. The Balaban J connectivity index is 1.59. The zero-order valence-corrected chi connectivity index (χ0v) is 14.9. The van der Waals surface area contributed by atoms with E-state index >= 15 is 0 Å². The van der Waals surface area contributed by atoms with Crippen LogP contribution in [0.15, 0.2) is 24.3 Å². The highest BCUT2D eigenvalue weighted by Gasteiger charge is 2.33. The predicted octanol–water partition coefficient (Wildman–Crippen LogP) is 3.79. The highest BCUT2D eigenvalue weighted by molar-refractivity contribution is 5.75. The number of urea groups is 1. The van der Waals surface area contributed by atoms with E-state index < -0.39 is 0 Å². The van der Waals surface area contributed by atoms with Gasteiger partial charge in [0, 0.05) is 18.6 Å². The van der Waals surface area contributed by atoms with E-state index in [0.29, 0.717) is 18.5 Å². The summed E-state index contributed by atoms with van der Waals surface area (Å²) < 4.78 is 0. The Morgan fingerprint density at radius 1 is 1.12 bits per heavy atom. The van der Waals surface area contributed by atoms with Crippen molar-refractivity contribution < 1.29 is 9.90 Å². The first-order valence-corrected chi connectivity index (χ1v) is 9.37. The Labute approximate surface area is 145 Å². The van der Waals surface area contributed by atoms with Crippen molar-refractivity contribution in [1.82, 2.24) is 10.2 Å². The van der Waals surface area contributed by atoms with Gasteiger partial charge >= 0.3 is 6.03 Å². The zero-order valence-electron chi connectivity index (χ0n) is 14.9. The van der Waals surface area contributed by atoms with Crippen LogP contribution in [0.4, 0.5) is 4.79 Å². The Kier molecular flexibility index (Phi) is 5.44. The summed E-state index contributed by atoms with van der Waals surface area (Å²) in [5.41, 5.74) is 2.53. The summed E-state index contributed by atoms with van der Waals surface area (Å²) in [6, 6.07) is 9.31. The topological polar surface area (TPSA) is 52.6 Å². The van der Waals surface area contributed by atoms with Gasteiger partial charge in [-0.2, -0.15) is 0 Å². The second-order valence-electron chi connectivity index (χ2n) is 7.71. The number of hydrogen-bond donors (Lipinski definition) is 2. The van der Waals surface area contributed by atoms with Crippen molar-refractivity contribution in [3.8, 4) is 0 Å². The van der Waals surface area contributed by atoms with Crippen molar-refractivity contribution in [1.29, 1.82) is 0 Å². The van der Waals surface area contributed by atoms with E-state index in [0.717, 1.165) is 38.5 Å². The van der Waals surface area contributed by atoms with Crippen molar-refractivity contribution in [3.05, 3.63) is 35.4 Å². The number of aliphatic hydroxyl groups is 1. The molecule has 0 atom stereocenters. The largest absolute Gasteiger partial charge is 0.393 e. The molecule has 0 radical (unpaired) electrons. The van der Waals surface area contributed by atoms with Crippen molar-refractivity contribution >= 4 is 6.03 Å². The molecule has 4 nitrogen and oxygen atoms in total. The summed E-state index contributed by atoms with van der Waals surface area (Å²) in [5, 5.41) is 12.8. The lowest BCUT2D eigenvalue weighted by Crippen LogP contribution is -2.47. The van der Waals surface area contributed by atoms with Crippen LogP contribution in [0.3, 0.4) is 0 Å². The number of nitrogens with zero attached hydrogens (tertiary/aromatic N) is 1. The predicted molar refractivity (Wildman–Crippen MR) is 95.9 cm³/mol. The maximum absolute atomic E-state index is 12.7. The van der Waals surface area contributed by atoms with E-state index in [1.807, 2.05) is 4.90 Å². The van der Waals surface area contributed by atoms with Gasteiger partial charge in [0.05, 0.1) is 6.10 Å². The van der Waals surface area contributed by atoms with Crippen LogP contribution in [0.2, 0.25) is 0 Å². The minimum Gasteiger partial charge on any atom is -0.393 e. The molecule has 24 heavy (non-hydrogen) atoms. The number of hydrogen-bond acceptors (Lipinski definition) is 2. The van der Waals surface area contributed by atoms with E-state index in [-0.39, 0.29) is 18.2 Å². The molecule has 0 heterocycles. The van der Waals surface area contributed by atoms with Crippen LogP contribution in [0.1, 0.15) is 69.4 Å². The zero-order chi connectivity index (χ0) is 17.1. The molecule has 132 valence electrons. The quantitative estimate of drug-likeness (QED) is 0.863. The lowest BCUT2D eigenvalue weighted by Gasteiger charge is -2.30. The van der Waals surface area contributed by atoms with Gasteiger partial charge in [-0.05, 0) is 55.6 Å². The minimum atomic E-state index is -0.183. The van der Waals surface area contributed by atoms with Gasteiger partial charge in [-0.1, -0.05) is 38.1 Å². The van der Waals surface area contributed by atoms with Crippen LogP contribution in [0.25, 0.3) is 0 Å². The molecule has 3 rings (SSSR count). The molecule has 1 aromatic rings. The van der Waals surface area contributed by atoms with Gasteiger partial charge < -0.3 is 15.3 Å². The normalized spacial score (nSPS) is 24.0. The van der Waals surface area contributed by atoms with Crippen LogP contribution in [-0.4, -0.2) is 34.2 Å². The van der Waals surface area contributed by atoms with Crippen LogP contribution in [-0.2, 0) is 6.54 Å². The summed E-state index contributed by atoms with van der Waals surface area (Å²) in [7, 11) is 0. The number of nitrogens with one attached hydrogen (secondary N) is 1. The van der Waals surface area contributed by atoms with Crippen LogP contribution in [0.5, 0.6) is 0 Å². The van der Waals surface area contributed by atoms with Gasteiger partial charge in [-0.3, -0.25) is 0 Å². The molecule has 4 heteroatoms. The third kappa shape index (κ3) is 4.50.